The summed E-state index contributed by atoms with van der Waals surface area (Å²) in [6.07, 6.45) is 6.92. The first kappa shape index (κ1) is 11.8. The Morgan fingerprint density at radius 1 is 1.60 bits per heavy atom. The summed E-state index contributed by atoms with van der Waals surface area (Å²) in [5.74, 6) is 0. The number of aryl methyl sites for hydroxylation is 1. The van der Waals surface area contributed by atoms with E-state index in [9.17, 15) is 0 Å². The molecule has 1 atom stereocenters. The average molecular weight is 205 g/mol. The van der Waals surface area contributed by atoms with Crippen molar-refractivity contribution in [3.8, 4) is 6.07 Å². The fourth-order valence-electron chi connectivity index (χ4n) is 1.75. The lowest BCUT2D eigenvalue weighted by atomic mass is 10.1. The molecular weight excluding hydrogens is 186 g/mol. The first-order chi connectivity index (χ1) is 7.31. The number of nitrogens with zero attached hydrogens (tertiary/aromatic N) is 2. The molecule has 1 N–H and O–H groups in total. The molecule has 0 amide bonds. The van der Waals surface area contributed by atoms with Crippen LogP contribution in [0.15, 0.2) is 18.5 Å². The van der Waals surface area contributed by atoms with Gasteiger partial charge in [-0.3, -0.25) is 0 Å². The third-order valence-corrected chi connectivity index (χ3v) is 2.64. The number of nitriles is 1. The number of aromatic nitrogens is 1. The van der Waals surface area contributed by atoms with Gasteiger partial charge in [-0.1, -0.05) is 6.92 Å². The Morgan fingerprint density at radius 3 is 3.00 bits per heavy atom. The second-order valence-electron chi connectivity index (χ2n) is 3.69. The Kier molecular flexibility index (Phi) is 4.92. The minimum absolute atomic E-state index is 0.446. The summed E-state index contributed by atoms with van der Waals surface area (Å²) >= 11 is 0. The van der Waals surface area contributed by atoms with Crippen LogP contribution in [0.2, 0.25) is 0 Å². The van der Waals surface area contributed by atoms with E-state index in [1.807, 2.05) is 7.05 Å². The summed E-state index contributed by atoms with van der Waals surface area (Å²) in [4.78, 5) is 0. The molecule has 1 unspecified atom stereocenters. The molecule has 0 fully saturated rings. The summed E-state index contributed by atoms with van der Waals surface area (Å²) in [5, 5.41) is 11.7. The molecule has 1 heterocycles. The van der Waals surface area contributed by atoms with E-state index in [2.05, 4.69) is 41.3 Å². The Morgan fingerprint density at radius 2 is 2.40 bits per heavy atom. The van der Waals surface area contributed by atoms with Crippen molar-refractivity contribution in [2.24, 2.45) is 0 Å². The maximum Gasteiger partial charge on any atom is 0.0622 e. The minimum Gasteiger partial charge on any atom is -0.354 e. The van der Waals surface area contributed by atoms with E-state index in [-0.39, 0.29) is 0 Å². The Balaban J connectivity index is 2.52. The zero-order valence-electron chi connectivity index (χ0n) is 9.53. The van der Waals surface area contributed by atoms with Gasteiger partial charge in [0.2, 0.25) is 0 Å². The second kappa shape index (κ2) is 6.26. The topological polar surface area (TPSA) is 40.8 Å². The summed E-state index contributed by atoms with van der Waals surface area (Å²) in [6, 6.07) is 4.76. The predicted octanol–water partition coefficient (Wildman–Crippen LogP) is 2.46. The molecule has 1 aromatic rings. The van der Waals surface area contributed by atoms with Crippen molar-refractivity contribution in [1.82, 2.24) is 9.88 Å². The maximum atomic E-state index is 8.44. The second-order valence-corrected chi connectivity index (χ2v) is 3.69. The predicted molar refractivity (Wildman–Crippen MR) is 61.4 cm³/mol. The van der Waals surface area contributed by atoms with Crippen molar-refractivity contribution in [2.75, 3.05) is 7.05 Å². The summed E-state index contributed by atoms with van der Waals surface area (Å²) in [7, 11) is 1.99. The number of nitrogens with one attached hydrogen (secondary N) is 1. The Bertz CT molecular complexity index is 318. The van der Waals surface area contributed by atoms with Crippen LogP contribution < -0.4 is 5.32 Å². The smallest absolute Gasteiger partial charge is 0.0622 e. The molecule has 0 spiro atoms. The van der Waals surface area contributed by atoms with Crippen LogP contribution in [0.5, 0.6) is 0 Å². The largest absolute Gasteiger partial charge is 0.354 e. The van der Waals surface area contributed by atoms with Gasteiger partial charge in [-0.25, -0.2) is 0 Å². The minimum atomic E-state index is 0.446. The highest BCUT2D eigenvalue weighted by molar-refractivity contribution is 5.15. The molecule has 0 radical (unpaired) electrons. The summed E-state index contributed by atoms with van der Waals surface area (Å²) < 4.78 is 2.16. The molecule has 0 aromatic carbocycles. The molecule has 1 rings (SSSR count). The number of unbranched alkanes of at least 4 members (excludes halogenated alkanes) is 1. The third-order valence-electron chi connectivity index (χ3n) is 2.64. The van der Waals surface area contributed by atoms with E-state index in [0.717, 1.165) is 19.4 Å². The van der Waals surface area contributed by atoms with E-state index in [1.54, 1.807) is 0 Å². The van der Waals surface area contributed by atoms with Gasteiger partial charge in [0, 0.05) is 31.4 Å². The lowest BCUT2D eigenvalue weighted by Gasteiger charge is -2.11. The molecule has 0 aliphatic rings. The zero-order valence-corrected chi connectivity index (χ0v) is 9.53. The van der Waals surface area contributed by atoms with Crippen molar-refractivity contribution in [3.63, 3.8) is 0 Å². The Labute approximate surface area is 91.7 Å². The van der Waals surface area contributed by atoms with Gasteiger partial charge in [-0.15, -0.1) is 0 Å². The van der Waals surface area contributed by atoms with Crippen molar-refractivity contribution < 1.29 is 0 Å². The van der Waals surface area contributed by atoms with Gasteiger partial charge in [-0.05, 0) is 31.5 Å². The molecule has 82 valence electrons. The molecule has 0 saturated heterocycles. The normalized spacial score (nSPS) is 12.3. The van der Waals surface area contributed by atoms with Crippen LogP contribution in [0.3, 0.4) is 0 Å². The molecule has 0 saturated carbocycles. The number of rotatable bonds is 6. The highest BCUT2D eigenvalue weighted by atomic mass is 14.9. The standard InChI is InChI=1S/C12H19N3/c1-3-12(14-2)11-6-9-15(10-11)8-5-4-7-13/h6,9-10,12,14H,3-5,8H2,1-2H3. The quantitative estimate of drug-likeness (QED) is 0.725. The molecule has 1 aromatic heterocycles. The van der Waals surface area contributed by atoms with Crippen molar-refractivity contribution in [2.45, 2.75) is 38.8 Å². The van der Waals surface area contributed by atoms with Crippen LogP contribution in [-0.4, -0.2) is 11.6 Å². The summed E-state index contributed by atoms with van der Waals surface area (Å²) in [5.41, 5.74) is 1.33. The van der Waals surface area contributed by atoms with Crippen LogP contribution in [0.4, 0.5) is 0 Å². The van der Waals surface area contributed by atoms with E-state index in [0.29, 0.717) is 12.5 Å². The highest BCUT2D eigenvalue weighted by Gasteiger charge is 2.07. The molecule has 0 aliphatic heterocycles. The van der Waals surface area contributed by atoms with Crippen LogP contribution in [-0.2, 0) is 6.54 Å². The van der Waals surface area contributed by atoms with Crippen LogP contribution in [0.1, 0.15) is 37.8 Å². The fourth-order valence-corrected chi connectivity index (χ4v) is 1.75. The number of hydrogen-bond donors (Lipinski definition) is 1. The molecule has 3 heteroatoms. The van der Waals surface area contributed by atoms with Gasteiger partial charge in [0.1, 0.15) is 0 Å². The molecule has 0 aliphatic carbocycles. The van der Waals surface area contributed by atoms with Crippen LogP contribution >= 0.6 is 0 Å². The van der Waals surface area contributed by atoms with Crippen LogP contribution in [0, 0.1) is 11.3 Å². The van der Waals surface area contributed by atoms with E-state index in [4.69, 9.17) is 5.26 Å². The van der Waals surface area contributed by atoms with Crippen molar-refractivity contribution in [3.05, 3.63) is 24.0 Å². The van der Waals surface area contributed by atoms with Gasteiger partial charge in [-0.2, -0.15) is 5.26 Å². The molecule has 3 nitrogen and oxygen atoms in total. The molecule has 0 bridgehead atoms. The molecular formula is C12H19N3. The van der Waals surface area contributed by atoms with E-state index < -0.39 is 0 Å². The SMILES string of the molecule is CCC(NC)c1ccn(CCCC#N)c1. The lowest BCUT2D eigenvalue weighted by molar-refractivity contribution is 0.572. The zero-order chi connectivity index (χ0) is 11.1. The lowest BCUT2D eigenvalue weighted by Crippen LogP contribution is -2.14. The highest BCUT2D eigenvalue weighted by Crippen LogP contribution is 2.16. The first-order valence-corrected chi connectivity index (χ1v) is 5.51. The fraction of sp³-hybridized carbons (Fsp3) is 0.583. The van der Waals surface area contributed by atoms with Gasteiger partial charge in [0.05, 0.1) is 6.07 Å². The third kappa shape index (κ3) is 3.41. The number of hydrogen-bond acceptors (Lipinski definition) is 2. The Hall–Kier alpha value is -1.27. The summed E-state index contributed by atoms with van der Waals surface area (Å²) in [6.45, 7) is 3.11. The van der Waals surface area contributed by atoms with Crippen LogP contribution in [0.25, 0.3) is 0 Å². The van der Waals surface area contributed by atoms with E-state index >= 15 is 0 Å². The first-order valence-electron chi connectivity index (χ1n) is 5.51. The maximum absolute atomic E-state index is 8.44. The van der Waals surface area contributed by atoms with E-state index in [1.165, 1.54) is 5.56 Å². The monoisotopic (exact) mass is 205 g/mol. The average Bonchev–Trinajstić information content (AvgIpc) is 2.69. The van der Waals surface area contributed by atoms with Gasteiger partial charge in [0.15, 0.2) is 0 Å². The molecule has 15 heavy (non-hydrogen) atoms. The van der Waals surface area contributed by atoms with Gasteiger partial charge in [0.25, 0.3) is 0 Å². The van der Waals surface area contributed by atoms with Crippen molar-refractivity contribution in [1.29, 1.82) is 5.26 Å². The van der Waals surface area contributed by atoms with Gasteiger partial charge >= 0.3 is 0 Å². The van der Waals surface area contributed by atoms with Crippen molar-refractivity contribution >= 4 is 0 Å². The van der Waals surface area contributed by atoms with Gasteiger partial charge < -0.3 is 9.88 Å².